The summed E-state index contributed by atoms with van der Waals surface area (Å²) in [5.41, 5.74) is 0. The Kier molecular flexibility index (Phi) is 6.05. The fourth-order valence-electron chi connectivity index (χ4n) is 2.81. The first-order valence-corrected chi connectivity index (χ1v) is 7.65. The van der Waals surface area contributed by atoms with Crippen molar-refractivity contribution in [3.63, 3.8) is 0 Å². The Morgan fingerprint density at radius 3 is 1.17 bits per heavy atom. The third-order valence-corrected chi connectivity index (χ3v) is 3.98. The Hall–Kier alpha value is -1.04. The number of hydrogen-bond acceptors (Lipinski definition) is 0. The van der Waals surface area contributed by atoms with Crippen LogP contribution in [0.1, 0.15) is 51.4 Å². The Balaban J connectivity index is 1.35. The number of rotatable bonds is 9. The average Bonchev–Trinajstić information content (AvgIpc) is 3.05. The van der Waals surface area contributed by atoms with Crippen molar-refractivity contribution in [2.45, 2.75) is 51.4 Å². The molecular weight excluding hydrogens is 216 g/mol. The molecule has 0 heterocycles. The third kappa shape index (κ3) is 5.08. The van der Waals surface area contributed by atoms with Gasteiger partial charge in [-0.2, -0.15) is 0 Å². The van der Waals surface area contributed by atoms with E-state index < -0.39 is 0 Å². The quantitative estimate of drug-likeness (QED) is 0.462. The van der Waals surface area contributed by atoms with Gasteiger partial charge in [0.25, 0.3) is 0 Å². The van der Waals surface area contributed by atoms with E-state index in [-0.39, 0.29) is 0 Å². The van der Waals surface area contributed by atoms with E-state index in [0.717, 1.165) is 11.8 Å². The lowest BCUT2D eigenvalue weighted by Gasteiger charge is -2.06. The van der Waals surface area contributed by atoms with Gasteiger partial charge < -0.3 is 0 Å². The third-order valence-electron chi connectivity index (χ3n) is 3.98. The van der Waals surface area contributed by atoms with Gasteiger partial charge in [0.15, 0.2) is 0 Å². The molecule has 2 rings (SSSR count). The van der Waals surface area contributed by atoms with Crippen molar-refractivity contribution in [2.24, 2.45) is 11.8 Å². The molecule has 98 valence electrons. The van der Waals surface area contributed by atoms with Gasteiger partial charge in [-0.3, -0.25) is 0 Å². The standard InChI is InChI=1S/C18H26/c1(3-5-11-17-13-7-8-14-17)2-4-6-12-18-15-9-10-16-18/h7-10,13-18H,1-6,11-12H2. The van der Waals surface area contributed by atoms with Gasteiger partial charge in [0.2, 0.25) is 0 Å². The first-order chi connectivity index (χ1) is 8.95. The molecule has 18 heavy (non-hydrogen) atoms. The SMILES string of the molecule is C1=CC(CCCCCCCCC2C=CC=C2)C=C1. The van der Waals surface area contributed by atoms with E-state index in [1.54, 1.807) is 0 Å². The zero-order valence-electron chi connectivity index (χ0n) is 11.4. The largest absolute Gasteiger partial charge is 0.0776 e. The van der Waals surface area contributed by atoms with Crippen molar-refractivity contribution in [1.29, 1.82) is 0 Å². The van der Waals surface area contributed by atoms with Gasteiger partial charge in [0, 0.05) is 0 Å². The first-order valence-electron chi connectivity index (χ1n) is 7.65. The average molecular weight is 242 g/mol. The van der Waals surface area contributed by atoms with Crippen molar-refractivity contribution < 1.29 is 0 Å². The number of unbranched alkanes of at least 4 members (excludes halogenated alkanes) is 5. The summed E-state index contributed by atoms with van der Waals surface area (Å²) in [6, 6.07) is 0. The first kappa shape index (κ1) is 13.4. The maximum absolute atomic E-state index is 2.32. The summed E-state index contributed by atoms with van der Waals surface area (Å²) in [5, 5.41) is 0. The second-order valence-corrected chi connectivity index (χ2v) is 5.57. The summed E-state index contributed by atoms with van der Waals surface area (Å²) in [6.45, 7) is 0. The topological polar surface area (TPSA) is 0 Å². The van der Waals surface area contributed by atoms with Gasteiger partial charge in [-0.1, -0.05) is 87.1 Å². The van der Waals surface area contributed by atoms with Crippen molar-refractivity contribution in [1.82, 2.24) is 0 Å². The Labute approximate surface area is 112 Å². The molecule has 0 bridgehead atoms. The van der Waals surface area contributed by atoms with Gasteiger partial charge in [-0.15, -0.1) is 0 Å². The highest BCUT2D eigenvalue weighted by Crippen LogP contribution is 2.20. The second kappa shape index (κ2) is 8.13. The fraction of sp³-hybridized carbons (Fsp3) is 0.556. The molecular formula is C18H26. The Bertz CT molecular complexity index is 272. The Morgan fingerprint density at radius 2 is 0.778 bits per heavy atom. The van der Waals surface area contributed by atoms with E-state index in [0.29, 0.717) is 0 Å². The second-order valence-electron chi connectivity index (χ2n) is 5.57. The lowest BCUT2D eigenvalue weighted by atomic mass is 9.99. The maximum Gasteiger partial charge on any atom is -0.00473 e. The predicted molar refractivity (Wildman–Crippen MR) is 80.5 cm³/mol. The van der Waals surface area contributed by atoms with Crippen LogP contribution in [0, 0.1) is 11.8 Å². The lowest BCUT2D eigenvalue weighted by Crippen LogP contribution is -1.91. The normalized spacial score (nSPS) is 18.4. The highest BCUT2D eigenvalue weighted by Gasteiger charge is 2.04. The summed E-state index contributed by atoms with van der Waals surface area (Å²) in [5.74, 6) is 1.48. The molecule has 0 spiro atoms. The molecule has 0 aromatic carbocycles. The van der Waals surface area contributed by atoms with Crippen LogP contribution in [0.2, 0.25) is 0 Å². The Morgan fingerprint density at radius 1 is 0.444 bits per heavy atom. The molecule has 0 heteroatoms. The van der Waals surface area contributed by atoms with Gasteiger partial charge in [-0.25, -0.2) is 0 Å². The fourth-order valence-corrected chi connectivity index (χ4v) is 2.81. The molecule has 0 aromatic rings. The summed E-state index contributed by atoms with van der Waals surface area (Å²) < 4.78 is 0. The number of allylic oxidation sites excluding steroid dienone is 8. The van der Waals surface area contributed by atoms with E-state index >= 15 is 0 Å². The monoisotopic (exact) mass is 242 g/mol. The highest BCUT2D eigenvalue weighted by atomic mass is 14.1. The van der Waals surface area contributed by atoms with Crippen LogP contribution in [0.15, 0.2) is 48.6 Å². The van der Waals surface area contributed by atoms with Crippen LogP contribution in [0.5, 0.6) is 0 Å². The molecule has 0 aromatic heterocycles. The van der Waals surface area contributed by atoms with Gasteiger partial charge >= 0.3 is 0 Å². The van der Waals surface area contributed by atoms with Crippen LogP contribution in [-0.2, 0) is 0 Å². The van der Waals surface area contributed by atoms with Crippen molar-refractivity contribution >= 4 is 0 Å². The minimum absolute atomic E-state index is 0.742. The maximum atomic E-state index is 2.32. The van der Waals surface area contributed by atoms with Crippen LogP contribution in [0.25, 0.3) is 0 Å². The van der Waals surface area contributed by atoms with Crippen molar-refractivity contribution in [2.75, 3.05) is 0 Å². The molecule has 0 nitrogen and oxygen atoms in total. The van der Waals surface area contributed by atoms with Crippen molar-refractivity contribution in [3.05, 3.63) is 48.6 Å². The molecule has 2 aliphatic rings. The van der Waals surface area contributed by atoms with Crippen LogP contribution < -0.4 is 0 Å². The minimum atomic E-state index is 0.742. The van der Waals surface area contributed by atoms with E-state index in [1.165, 1.54) is 51.4 Å². The molecule has 0 atom stereocenters. The van der Waals surface area contributed by atoms with Gasteiger partial charge in [0.1, 0.15) is 0 Å². The predicted octanol–water partition coefficient (Wildman–Crippen LogP) is 5.59. The lowest BCUT2D eigenvalue weighted by molar-refractivity contribution is 0.539. The highest BCUT2D eigenvalue weighted by molar-refractivity contribution is 5.17. The van der Waals surface area contributed by atoms with Crippen LogP contribution >= 0.6 is 0 Å². The van der Waals surface area contributed by atoms with Crippen LogP contribution in [0.4, 0.5) is 0 Å². The minimum Gasteiger partial charge on any atom is -0.0776 e. The molecule has 0 saturated heterocycles. The van der Waals surface area contributed by atoms with E-state index in [1.807, 2.05) is 0 Å². The zero-order chi connectivity index (χ0) is 12.5. The zero-order valence-corrected chi connectivity index (χ0v) is 11.4. The smallest absolute Gasteiger partial charge is 0.00473 e. The molecule has 0 amide bonds. The molecule has 2 aliphatic carbocycles. The van der Waals surface area contributed by atoms with Gasteiger partial charge in [-0.05, 0) is 24.7 Å². The molecule has 0 saturated carbocycles. The molecule has 0 fully saturated rings. The van der Waals surface area contributed by atoms with Gasteiger partial charge in [0.05, 0.1) is 0 Å². The summed E-state index contributed by atoms with van der Waals surface area (Å²) in [6.07, 6.45) is 29.2. The van der Waals surface area contributed by atoms with Crippen molar-refractivity contribution in [3.8, 4) is 0 Å². The summed E-state index contributed by atoms with van der Waals surface area (Å²) in [4.78, 5) is 0. The van der Waals surface area contributed by atoms with Crippen LogP contribution in [-0.4, -0.2) is 0 Å². The molecule has 0 unspecified atom stereocenters. The molecule has 0 aliphatic heterocycles. The van der Waals surface area contributed by atoms with E-state index in [2.05, 4.69) is 48.6 Å². The summed E-state index contributed by atoms with van der Waals surface area (Å²) >= 11 is 0. The summed E-state index contributed by atoms with van der Waals surface area (Å²) in [7, 11) is 0. The van der Waals surface area contributed by atoms with E-state index in [4.69, 9.17) is 0 Å². The molecule has 0 N–H and O–H groups in total. The molecule has 0 radical (unpaired) electrons. The van der Waals surface area contributed by atoms with Crippen LogP contribution in [0.3, 0.4) is 0 Å². The van der Waals surface area contributed by atoms with E-state index in [9.17, 15) is 0 Å². The number of hydrogen-bond donors (Lipinski definition) is 0.